The molecule has 0 bridgehead atoms. The van der Waals surface area contributed by atoms with Gasteiger partial charge in [0.25, 0.3) is 0 Å². The normalized spacial score (nSPS) is 9.89. The van der Waals surface area contributed by atoms with Gasteiger partial charge in [-0.1, -0.05) is 18.2 Å². The molecule has 19 heavy (non-hydrogen) atoms. The molecule has 1 heterocycles. The van der Waals surface area contributed by atoms with Gasteiger partial charge in [0.2, 0.25) is 0 Å². The minimum absolute atomic E-state index is 0.147. The highest BCUT2D eigenvalue weighted by atomic mass is 16.7. The average Bonchev–Trinajstić information content (AvgIpc) is 2.45. The number of anilines is 1. The molecule has 0 atom stereocenters. The van der Waals surface area contributed by atoms with Gasteiger partial charge < -0.3 is 15.2 Å². The summed E-state index contributed by atoms with van der Waals surface area (Å²) in [7, 11) is 0. The molecule has 0 amide bonds. The number of benzene rings is 1. The van der Waals surface area contributed by atoms with Crippen LogP contribution < -0.4 is 5.73 Å². The van der Waals surface area contributed by atoms with Gasteiger partial charge in [-0.2, -0.15) is 0 Å². The Morgan fingerprint density at radius 1 is 1.05 bits per heavy atom. The fourth-order valence-corrected chi connectivity index (χ4v) is 1.42. The molecule has 5 heteroatoms. The molecule has 0 aliphatic heterocycles. The van der Waals surface area contributed by atoms with Crippen LogP contribution in [0.2, 0.25) is 0 Å². The highest BCUT2D eigenvalue weighted by molar-refractivity contribution is 5.60. The highest BCUT2D eigenvalue weighted by Gasteiger charge is 2.05. The Kier molecular flexibility index (Phi) is 4.34. The molecule has 0 aliphatic carbocycles. The third kappa shape index (κ3) is 4.31. The summed E-state index contributed by atoms with van der Waals surface area (Å²) < 4.78 is 9.91. The topological polar surface area (TPSA) is 74.4 Å². The van der Waals surface area contributed by atoms with Gasteiger partial charge >= 0.3 is 6.16 Å². The second kappa shape index (κ2) is 6.39. The number of nitrogen functional groups attached to an aromatic ring is 1. The molecule has 98 valence electrons. The summed E-state index contributed by atoms with van der Waals surface area (Å²) in [5, 5.41) is 0. The number of nitrogens with zero attached hydrogens (tertiary/aromatic N) is 1. The minimum Gasteiger partial charge on any atom is -0.429 e. The fraction of sp³-hybridized carbons (Fsp3) is 0.143. The maximum absolute atomic E-state index is 11.4. The molecular formula is C14H14N2O3. The monoisotopic (exact) mass is 258 g/mol. The molecule has 2 N–H and O–H groups in total. The van der Waals surface area contributed by atoms with Crippen molar-refractivity contribution in [2.75, 3.05) is 5.73 Å². The summed E-state index contributed by atoms with van der Waals surface area (Å²) in [5.41, 5.74) is 7.89. The molecule has 1 aromatic carbocycles. The molecule has 0 aliphatic rings. The summed E-state index contributed by atoms with van der Waals surface area (Å²) in [6, 6.07) is 10.7. The molecule has 0 fully saturated rings. The first-order valence-electron chi connectivity index (χ1n) is 5.77. The first kappa shape index (κ1) is 12.9. The Morgan fingerprint density at radius 2 is 1.74 bits per heavy atom. The Hall–Kier alpha value is -2.56. The van der Waals surface area contributed by atoms with Crippen molar-refractivity contribution in [1.82, 2.24) is 4.98 Å². The Morgan fingerprint density at radius 3 is 2.37 bits per heavy atom. The fourth-order valence-electron chi connectivity index (χ4n) is 1.42. The zero-order chi connectivity index (χ0) is 13.5. The third-order valence-electron chi connectivity index (χ3n) is 2.42. The van der Waals surface area contributed by atoms with Crippen LogP contribution in [0.3, 0.4) is 0 Å². The first-order chi connectivity index (χ1) is 9.24. The van der Waals surface area contributed by atoms with Gasteiger partial charge in [0.15, 0.2) is 0 Å². The zero-order valence-corrected chi connectivity index (χ0v) is 10.3. The van der Waals surface area contributed by atoms with Crippen molar-refractivity contribution in [2.45, 2.75) is 13.2 Å². The Balaban J connectivity index is 1.74. The lowest BCUT2D eigenvalue weighted by atomic mass is 10.2. The molecule has 2 aromatic rings. The molecule has 0 saturated carbocycles. The smallest absolute Gasteiger partial charge is 0.429 e. The van der Waals surface area contributed by atoms with E-state index in [1.165, 1.54) is 0 Å². The van der Waals surface area contributed by atoms with E-state index in [-0.39, 0.29) is 13.2 Å². The van der Waals surface area contributed by atoms with E-state index in [1.807, 2.05) is 6.07 Å². The van der Waals surface area contributed by atoms with Crippen LogP contribution in [0.5, 0.6) is 0 Å². The molecule has 0 radical (unpaired) electrons. The quantitative estimate of drug-likeness (QED) is 0.673. The van der Waals surface area contributed by atoms with Crippen LogP contribution in [0.4, 0.5) is 10.5 Å². The van der Waals surface area contributed by atoms with Crippen LogP contribution in [0.25, 0.3) is 0 Å². The predicted octanol–water partition coefficient (Wildman–Crippen LogP) is 2.52. The molecule has 0 unspecified atom stereocenters. The van der Waals surface area contributed by atoms with Gasteiger partial charge in [-0.05, 0) is 23.8 Å². The van der Waals surface area contributed by atoms with Gasteiger partial charge in [0.1, 0.15) is 13.2 Å². The van der Waals surface area contributed by atoms with Crippen molar-refractivity contribution in [1.29, 1.82) is 0 Å². The summed E-state index contributed by atoms with van der Waals surface area (Å²) in [4.78, 5) is 15.3. The van der Waals surface area contributed by atoms with Gasteiger partial charge in [-0.3, -0.25) is 4.98 Å². The first-order valence-corrected chi connectivity index (χ1v) is 5.77. The van der Waals surface area contributed by atoms with Gasteiger partial charge in [-0.25, -0.2) is 4.79 Å². The summed E-state index contributed by atoms with van der Waals surface area (Å²) in [5.74, 6) is 0. The lowest BCUT2D eigenvalue weighted by molar-refractivity contribution is 0.0446. The van der Waals surface area contributed by atoms with E-state index in [9.17, 15) is 4.79 Å². The maximum atomic E-state index is 11.4. The van der Waals surface area contributed by atoms with Crippen molar-refractivity contribution in [3.8, 4) is 0 Å². The molecular weight excluding hydrogens is 244 g/mol. The van der Waals surface area contributed by atoms with Crippen LogP contribution in [0, 0.1) is 0 Å². The second-order valence-electron chi connectivity index (χ2n) is 3.93. The second-order valence-corrected chi connectivity index (χ2v) is 3.93. The summed E-state index contributed by atoms with van der Waals surface area (Å²) in [6.45, 7) is 0.306. The number of hydrogen-bond acceptors (Lipinski definition) is 5. The summed E-state index contributed by atoms with van der Waals surface area (Å²) >= 11 is 0. The van der Waals surface area contributed by atoms with Crippen LogP contribution in [0.15, 0.2) is 48.8 Å². The van der Waals surface area contributed by atoms with Gasteiger partial charge in [-0.15, -0.1) is 0 Å². The van der Waals surface area contributed by atoms with E-state index >= 15 is 0 Å². The van der Waals surface area contributed by atoms with E-state index in [4.69, 9.17) is 15.2 Å². The third-order valence-corrected chi connectivity index (χ3v) is 2.42. The largest absolute Gasteiger partial charge is 0.508 e. The van der Waals surface area contributed by atoms with Crippen molar-refractivity contribution >= 4 is 11.8 Å². The SMILES string of the molecule is Nc1ccc(COC(=O)OCc2cccnc2)cc1. The Bertz CT molecular complexity index is 526. The lowest BCUT2D eigenvalue weighted by Crippen LogP contribution is -2.07. The number of aromatic nitrogens is 1. The van der Waals surface area contributed by atoms with Crippen molar-refractivity contribution in [3.05, 3.63) is 59.9 Å². The molecule has 0 spiro atoms. The highest BCUT2D eigenvalue weighted by Crippen LogP contribution is 2.07. The zero-order valence-electron chi connectivity index (χ0n) is 10.3. The number of carbonyl (C=O) groups is 1. The van der Waals surface area contributed by atoms with E-state index < -0.39 is 6.16 Å². The van der Waals surface area contributed by atoms with E-state index in [1.54, 1.807) is 42.7 Å². The summed E-state index contributed by atoms with van der Waals surface area (Å²) in [6.07, 6.45) is 2.58. The molecule has 1 aromatic heterocycles. The van der Waals surface area contributed by atoms with Crippen LogP contribution in [0.1, 0.15) is 11.1 Å². The Labute approximate surface area is 111 Å². The lowest BCUT2D eigenvalue weighted by Gasteiger charge is -2.06. The van der Waals surface area contributed by atoms with Gasteiger partial charge in [0, 0.05) is 23.6 Å². The average molecular weight is 258 g/mol. The van der Waals surface area contributed by atoms with Gasteiger partial charge in [0.05, 0.1) is 0 Å². The van der Waals surface area contributed by atoms with Crippen molar-refractivity contribution < 1.29 is 14.3 Å². The predicted molar refractivity (Wildman–Crippen MR) is 70.1 cm³/mol. The molecule has 0 saturated heterocycles. The van der Waals surface area contributed by atoms with Crippen LogP contribution >= 0.6 is 0 Å². The standard InChI is InChI=1S/C14H14N2O3/c15-13-5-3-11(4-6-13)9-18-14(17)19-10-12-2-1-7-16-8-12/h1-8H,9-10,15H2. The number of ether oxygens (including phenoxy) is 2. The van der Waals surface area contributed by atoms with Crippen molar-refractivity contribution in [3.63, 3.8) is 0 Å². The van der Waals surface area contributed by atoms with Crippen molar-refractivity contribution in [2.24, 2.45) is 0 Å². The van der Waals surface area contributed by atoms with E-state index in [0.29, 0.717) is 5.69 Å². The number of hydrogen-bond donors (Lipinski definition) is 1. The van der Waals surface area contributed by atoms with E-state index in [2.05, 4.69) is 4.98 Å². The van der Waals surface area contributed by atoms with Crippen LogP contribution in [-0.4, -0.2) is 11.1 Å². The minimum atomic E-state index is -0.708. The number of pyridine rings is 1. The van der Waals surface area contributed by atoms with Crippen LogP contribution in [-0.2, 0) is 22.7 Å². The van der Waals surface area contributed by atoms with E-state index in [0.717, 1.165) is 11.1 Å². The maximum Gasteiger partial charge on any atom is 0.508 e. The molecule has 5 nitrogen and oxygen atoms in total. The number of carbonyl (C=O) groups excluding carboxylic acids is 1. The molecule has 2 rings (SSSR count). The number of nitrogens with two attached hydrogens (primary N) is 1. The number of rotatable bonds is 4.